The highest BCUT2D eigenvalue weighted by molar-refractivity contribution is 6.05. The number of anilines is 1. The van der Waals surface area contributed by atoms with Gasteiger partial charge in [-0.1, -0.05) is 18.2 Å². The number of para-hydroxylation sites is 1. The average molecular weight is 331 g/mol. The minimum absolute atomic E-state index is 0.0724. The largest absolute Gasteiger partial charge is 0.322 e. The summed E-state index contributed by atoms with van der Waals surface area (Å²) < 4.78 is 27.3. The molecular weight excluding hydrogens is 312 g/mol. The Morgan fingerprint density at radius 2 is 2.08 bits per heavy atom. The molecule has 0 spiro atoms. The molecule has 1 heterocycles. The van der Waals surface area contributed by atoms with Crippen LogP contribution in [0.2, 0.25) is 0 Å². The van der Waals surface area contributed by atoms with Crippen LogP contribution < -0.4 is 5.32 Å². The predicted octanol–water partition coefficient (Wildman–Crippen LogP) is 4.12. The highest BCUT2D eigenvalue weighted by atomic mass is 19.3. The second-order valence-electron chi connectivity index (χ2n) is 6.79. The second kappa shape index (κ2) is 5.69. The maximum Gasteiger partial charge on any atom is 0.282 e. The number of nitrogens with zero attached hydrogens (tertiary/aromatic N) is 2. The Labute approximate surface area is 138 Å². The van der Waals surface area contributed by atoms with E-state index in [1.165, 1.54) is 30.8 Å². The van der Waals surface area contributed by atoms with Crippen LogP contribution in [-0.2, 0) is 7.05 Å². The Hall–Kier alpha value is -2.24. The number of carbonyl (C=O) groups excluding carboxylic acids is 1. The zero-order valence-corrected chi connectivity index (χ0v) is 13.4. The van der Waals surface area contributed by atoms with Gasteiger partial charge >= 0.3 is 0 Å². The molecule has 126 valence electrons. The van der Waals surface area contributed by atoms with Crippen molar-refractivity contribution in [3.05, 3.63) is 47.3 Å². The number of benzene rings is 1. The zero-order valence-electron chi connectivity index (χ0n) is 13.4. The minimum Gasteiger partial charge on any atom is -0.322 e. The summed E-state index contributed by atoms with van der Waals surface area (Å²) in [4.78, 5) is 12.5. The van der Waals surface area contributed by atoms with E-state index in [-0.39, 0.29) is 5.56 Å². The first-order valence-corrected chi connectivity index (χ1v) is 8.26. The molecule has 0 saturated heterocycles. The van der Waals surface area contributed by atoms with Crippen molar-refractivity contribution in [2.45, 2.75) is 31.6 Å². The molecule has 4 nitrogen and oxygen atoms in total. The molecule has 2 aromatic rings. The monoisotopic (exact) mass is 331 g/mol. The third-order valence-corrected chi connectivity index (χ3v) is 4.98. The van der Waals surface area contributed by atoms with Crippen LogP contribution in [0.25, 0.3) is 0 Å². The molecule has 1 aromatic carbocycles. The summed E-state index contributed by atoms with van der Waals surface area (Å²) in [6, 6.07) is 7.68. The molecule has 0 aliphatic heterocycles. The number of halogens is 2. The molecule has 6 heteroatoms. The summed E-state index contributed by atoms with van der Waals surface area (Å²) in [6.07, 6.45) is 2.34. The molecule has 4 rings (SSSR count). The van der Waals surface area contributed by atoms with E-state index < -0.39 is 18.0 Å². The number of amides is 1. The van der Waals surface area contributed by atoms with Gasteiger partial charge in [-0.15, -0.1) is 0 Å². The van der Waals surface area contributed by atoms with Gasteiger partial charge in [0.1, 0.15) is 5.69 Å². The fourth-order valence-corrected chi connectivity index (χ4v) is 3.58. The molecule has 1 aromatic heterocycles. The molecule has 1 amide bonds. The van der Waals surface area contributed by atoms with Crippen molar-refractivity contribution in [2.24, 2.45) is 18.9 Å². The maximum atomic E-state index is 13.0. The topological polar surface area (TPSA) is 46.9 Å². The van der Waals surface area contributed by atoms with E-state index >= 15 is 0 Å². The van der Waals surface area contributed by atoms with Crippen molar-refractivity contribution in [1.82, 2.24) is 9.78 Å². The van der Waals surface area contributed by atoms with E-state index in [2.05, 4.69) is 10.4 Å². The first-order chi connectivity index (χ1) is 11.5. The SMILES string of the molecule is Cn1cc(C(=O)Nc2ccccc2[C@H]2C[C@H]2C2CC2)c(C(F)F)n1. The standard InChI is InChI=1S/C18H19F2N3O/c1-23-9-14(16(22-23)17(19)20)18(24)21-15-5-3-2-4-11(15)13-8-12(13)10-6-7-10/h2-5,9-10,12-13,17H,6-8H2,1H3,(H,21,24)/t12-,13+/m0/s1. The van der Waals surface area contributed by atoms with E-state index in [9.17, 15) is 13.6 Å². The summed E-state index contributed by atoms with van der Waals surface area (Å²) >= 11 is 0. The van der Waals surface area contributed by atoms with Crippen molar-refractivity contribution in [1.29, 1.82) is 0 Å². The highest BCUT2D eigenvalue weighted by Crippen LogP contribution is 2.60. The van der Waals surface area contributed by atoms with Crippen LogP contribution in [0.4, 0.5) is 14.5 Å². The van der Waals surface area contributed by atoms with Crippen molar-refractivity contribution in [3.63, 3.8) is 0 Å². The summed E-state index contributed by atoms with van der Waals surface area (Å²) in [7, 11) is 1.53. The van der Waals surface area contributed by atoms with E-state index in [1.807, 2.05) is 24.3 Å². The van der Waals surface area contributed by atoms with E-state index in [4.69, 9.17) is 0 Å². The number of carbonyl (C=O) groups is 1. The van der Waals surface area contributed by atoms with Crippen LogP contribution in [0.15, 0.2) is 30.5 Å². The lowest BCUT2D eigenvalue weighted by Gasteiger charge is -2.11. The smallest absolute Gasteiger partial charge is 0.282 e. The normalized spacial score (nSPS) is 22.7. The fraction of sp³-hybridized carbons (Fsp3) is 0.444. The number of aryl methyl sites for hydroxylation is 1. The number of nitrogens with one attached hydrogen (secondary N) is 1. The van der Waals surface area contributed by atoms with Gasteiger partial charge in [0, 0.05) is 18.9 Å². The van der Waals surface area contributed by atoms with Crippen molar-refractivity contribution in [2.75, 3.05) is 5.32 Å². The number of alkyl halides is 2. The molecule has 0 bridgehead atoms. The lowest BCUT2D eigenvalue weighted by molar-refractivity contribution is 0.101. The Balaban J connectivity index is 1.56. The Morgan fingerprint density at radius 3 is 2.79 bits per heavy atom. The molecule has 2 saturated carbocycles. The van der Waals surface area contributed by atoms with E-state index in [0.29, 0.717) is 5.92 Å². The molecule has 2 aliphatic carbocycles. The van der Waals surface area contributed by atoms with Crippen LogP contribution in [0.1, 0.15) is 53.2 Å². The fourth-order valence-electron chi connectivity index (χ4n) is 3.58. The minimum atomic E-state index is -2.77. The lowest BCUT2D eigenvalue weighted by Crippen LogP contribution is -2.14. The van der Waals surface area contributed by atoms with Gasteiger partial charge in [-0.2, -0.15) is 5.10 Å². The van der Waals surface area contributed by atoms with Gasteiger partial charge < -0.3 is 5.32 Å². The Bertz CT molecular complexity index is 782. The average Bonchev–Trinajstić information content (AvgIpc) is 3.44. The highest BCUT2D eigenvalue weighted by Gasteiger charge is 2.48. The predicted molar refractivity (Wildman–Crippen MR) is 86.1 cm³/mol. The molecule has 2 atom stereocenters. The lowest BCUT2D eigenvalue weighted by atomic mass is 10.0. The van der Waals surface area contributed by atoms with Crippen molar-refractivity contribution >= 4 is 11.6 Å². The van der Waals surface area contributed by atoms with E-state index in [0.717, 1.165) is 29.5 Å². The molecule has 24 heavy (non-hydrogen) atoms. The molecular formula is C18H19F2N3O. The maximum absolute atomic E-state index is 13.0. The third-order valence-electron chi connectivity index (χ3n) is 4.98. The van der Waals surface area contributed by atoms with Gasteiger partial charge in [0.15, 0.2) is 0 Å². The number of hydrogen-bond donors (Lipinski definition) is 1. The van der Waals surface area contributed by atoms with Gasteiger partial charge in [0.25, 0.3) is 12.3 Å². The quantitative estimate of drug-likeness (QED) is 0.896. The van der Waals surface area contributed by atoms with Crippen LogP contribution in [0, 0.1) is 11.8 Å². The van der Waals surface area contributed by atoms with Crippen LogP contribution in [0.5, 0.6) is 0 Å². The van der Waals surface area contributed by atoms with Gasteiger partial charge in [0.2, 0.25) is 0 Å². The van der Waals surface area contributed by atoms with Crippen molar-refractivity contribution in [3.8, 4) is 0 Å². The molecule has 2 aliphatic rings. The first kappa shape index (κ1) is 15.3. The van der Waals surface area contributed by atoms with Gasteiger partial charge in [-0.05, 0) is 48.6 Å². The van der Waals surface area contributed by atoms with Crippen LogP contribution in [0.3, 0.4) is 0 Å². The molecule has 1 N–H and O–H groups in total. The summed E-state index contributed by atoms with van der Waals surface area (Å²) in [5, 5.41) is 6.50. The zero-order chi connectivity index (χ0) is 16.8. The number of aromatic nitrogens is 2. The molecule has 0 unspecified atom stereocenters. The van der Waals surface area contributed by atoms with Crippen LogP contribution in [-0.4, -0.2) is 15.7 Å². The van der Waals surface area contributed by atoms with E-state index in [1.54, 1.807) is 0 Å². The Kier molecular flexibility index (Phi) is 3.62. The Morgan fingerprint density at radius 1 is 1.33 bits per heavy atom. The molecule has 2 fully saturated rings. The van der Waals surface area contributed by atoms with Crippen molar-refractivity contribution < 1.29 is 13.6 Å². The summed E-state index contributed by atoms with van der Waals surface area (Å²) in [5.74, 6) is 1.51. The number of hydrogen-bond acceptors (Lipinski definition) is 2. The van der Waals surface area contributed by atoms with Gasteiger partial charge in [0.05, 0.1) is 5.56 Å². The molecule has 0 radical (unpaired) electrons. The number of rotatable bonds is 5. The van der Waals surface area contributed by atoms with Gasteiger partial charge in [-0.25, -0.2) is 8.78 Å². The van der Waals surface area contributed by atoms with Gasteiger partial charge in [-0.3, -0.25) is 9.48 Å². The third kappa shape index (κ3) is 2.81. The second-order valence-corrected chi connectivity index (χ2v) is 6.79. The van der Waals surface area contributed by atoms with Crippen LogP contribution >= 0.6 is 0 Å². The summed E-state index contributed by atoms with van der Waals surface area (Å²) in [5.41, 5.74) is 1.29. The first-order valence-electron chi connectivity index (χ1n) is 8.26. The summed E-state index contributed by atoms with van der Waals surface area (Å²) in [6.45, 7) is 0.